The van der Waals surface area contributed by atoms with Crippen LogP contribution < -0.4 is 0 Å². The third-order valence-electron chi connectivity index (χ3n) is 3.79. The monoisotopic (exact) mass is 458 g/mol. The molecule has 162 valence electrons. The molecule has 2 heterocycles. The zero-order chi connectivity index (χ0) is 22.3. The van der Waals surface area contributed by atoms with Crippen LogP contribution in [0.5, 0.6) is 0 Å². The Bertz CT molecular complexity index is 851. The summed E-state index contributed by atoms with van der Waals surface area (Å²) in [6.07, 6.45) is -1.79. The minimum Gasteiger partial charge on any atom is -0.463 e. The fourth-order valence-corrected chi connectivity index (χ4v) is 4.07. The van der Waals surface area contributed by atoms with Gasteiger partial charge in [0.05, 0.1) is 0 Å². The van der Waals surface area contributed by atoms with Crippen LogP contribution in [0.25, 0.3) is 10.4 Å². The Morgan fingerprint density at radius 1 is 1.23 bits per heavy atom. The maximum Gasteiger partial charge on any atom is 0.303 e. The van der Waals surface area contributed by atoms with Crippen LogP contribution in [-0.2, 0) is 33.3 Å². The second-order valence-electron chi connectivity index (χ2n) is 6.12. The lowest BCUT2D eigenvalue weighted by molar-refractivity contribution is -0.201. The molecule has 0 radical (unpaired) electrons. The summed E-state index contributed by atoms with van der Waals surface area (Å²) in [5.41, 5.74) is 8.13. The van der Waals surface area contributed by atoms with E-state index in [4.69, 9.17) is 36.1 Å². The summed E-state index contributed by atoms with van der Waals surface area (Å²) < 4.78 is 21.6. The second-order valence-corrected chi connectivity index (χ2v) is 7.67. The Kier molecular flexibility index (Phi) is 8.72. The number of thioether (sulfide) groups is 1. The van der Waals surface area contributed by atoms with Gasteiger partial charge >= 0.3 is 17.9 Å². The maximum atomic E-state index is 11.7. The summed E-state index contributed by atoms with van der Waals surface area (Å²) in [6.45, 7) is 3.27. The number of carbonyl (C=O) groups is 3. The first-order chi connectivity index (χ1) is 14.2. The van der Waals surface area contributed by atoms with E-state index >= 15 is 0 Å². The molecule has 1 aliphatic rings. The predicted molar refractivity (Wildman–Crippen MR) is 104 cm³/mol. The molecular weight excluding hydrogens is 440 g/mol. The number of rotatable bonds is 7. The SMILES string of the molecule is CC(=O)OCC1O[C@H](Sc2cc(Cl)ccn2)C(OC(C)=O)C(N=[N+]=[N-])[C@H]1OC(C)=O. The van der Waals surface area contributed by atoms with Gasteiger partial charge in [-0.15, -0.1) is 0 Å². The van der Waals surface area contributed by atoms with Crippen LogP contribution in [0.1, 0.15) is 20.8 Å². The number of azide groups is 1. The van der Waals surface area contributed by atoms with E-state index in [-0.39, 0.29) is 6.61 Å². The number of aromatic nitrogens is 1. The molecule has 1 aromatic rings. The molecule has 0 aromatic carbocycles. The van der Waals surface area contributed by atoms with Gasteiger partial charge in [0.15, 0.2) is 0 Å². The zero-order valence-corrected chi connectivity index (χ0v) is 17.8. The van der Waals surface area contributed by atoms with Gasteiger partial charge in [-0.2, -0.15) is 0 Å². The van der Waals surface area contributed by atoms with Crippen molar-refractivity contribution in [2.75, 3.05) is 6.61 Å². The van der Waals surface area contributed by atoms with Crippen LogP contribution in [0.15, 0.2) is 28.5 Å². The van der Waals surface area contributed by atoms with Crippen molar-refractivity contribution in [1.82, 2.24) is 4.98 Å². The minimum atomic E-state index is -1.16. The molecule has 5 atom stereocenters. The minimum absolute atomic E-state index is 0.280. The van der Waals surface area contributed by atoms with E-state index in [0.29, 0.717) is 10.0 Å². The first-order valence-electron chi connectivity index (χ1n) is 8.67. The largest absolute Gasteiger partial charge is 0.463 e. The van der Waals surface area contributed by atoms with Gasteiger partial charge in [0, 0.05) is 36.9 Å². The van der Waals surface area contributed by atoms with E-state index in [1.165, 1.54) is 20.0 Å². The second kappa shape index (κ2) is 11.0. The van der Waals surface area contributed by atoms with Crippen molar-refractivity contribution < 1.29 is 33.3 Å². The van der Waals surface area contributed by atoms with Crippen molar-refractivity contribution in [3.05, 3.63) is 33.8 Å². The number of hydrogen-bond donors (Lipinski definition) is 0. The molecule has 1 saturated heterocycles. The molecule has 0 amide bonds. The number of pyridine rings is 1. The van der Waals surface area contributed by atoms with E-state index in [1.54, 1.807) is 12.1 Å². The summed E-state index contributed by atoms with van der Waals surface area (Å²) in [6, 6.07) is 2.01. The molecule has 0 bridgehead atoms. The Morgan fingerprint density at radius 3 is 2.47 bits per heavy atom. The molecule has 11 nitrogen and oxygen atoms in total. The Hall–Kier alpha value is -2.53. The molecule has 0 spiro atoms. The number of hydrogen-bond acceptors (Lipinski definition) is 10. The third-order valence-corrected chi connectivity index (χ3v) is 5.10. The summed E-state index contributed by atoms with van der Waals surface area (Å²) >= 11 is 7.05. The molecule has 1 fully saturated rings. The first kappa shape index (κ1) is 23.7. The van der Waals surface area contributed by atoms with Crippen LogP contribution in [0.3, 0.4) is 0 Å². The topological polar surface area (TPSA) is 150 Å². The normalized spacial score (nSPS) is 25.5. The molecule has 0 aliphatic carbocycles. The molecule has 0 saturated carbocycles. The Morgan fingerprint density at radius 2 is 1.90 bits per heavy atom. The van der Waals surface area contributed by atoms with Crippen LogP contribution in [0.4, 0.5) is 0 Å². The lowest BCUT2D eigenvalue weighted by atomic mass is 9.97. The van der Waals surface area contributed by atoms with Gasteiger partial charge in [-0.3, -0.25) is 14.4 Å². The Labute approximate surface area is 181 Å². The molecule has 3 unspecified atom stereocenters. The highest BCUT2D eigenvalue weighted by atomic mass is 35.5. The quantitative estimate of drug-likeness (QED) is 0.197. The summed E-state index contributed by atoms with van der Waals surface area (Å²) in [4.78, 5) is 41.6. The Balaban J connectivity index is 2.43. The molecule has 13 heteroatoms. The van der Waals surface area contributed by atoms with Crippen molar-refractivity contribution in [2.24, 2.45) is 5.11 Å². The number of nitrogens with zero attached hydrogens (tertiary/aromatic N) is 4. The van der Waals surface area contributed by atoms with E-state index < -0.39 is 47.7 Å². The standard InChI is InChI=1S/C17H19ClN4O7S/c1-8(23)26-7-12-15(27-9(2)24)14(21-22-19)16(28-10(3)25)17(29-12)30-13-6-11(18)4-5-20-13/h4-6,12,14-17H,7H2,1-3H3/t12?,14?,15-,16?,17+/m0/s1. The van der Waals surface area contributed by atoms with Gasteiger partial charge in [0.25, 0.3) is 0 Å². The van der Waals surface area contributed by atoms with Crippen LogP contribution in [-0.4, -0.2) is 59.3 Å². The van der Waals surface area contributed by atoms with Gasteiger partial charge in [-0.05, 0) is 17.7 Å². The van der Waals surface area contributed by atoms with Crippen molar-refractivity contribution in [3.8, 4) is 0 Å². The smallest absolute Gasteiger partial charge is 0.303 e. The van der Waals surface area contributed by atoms with E-state index in [0.717, 1.165) is 18.7 Å². The van der Waals surface area contributed by atoms with Crippen LogP contribution in [0.2, 0.25) is 5.02 Å². The van der Waals surface area contributed by atoms with E-state index in [2.05, 4.69) is 15.0 Å². The van der Waals surface area contributed by atoms with Gasteiger partial charge in [-0.1, -0.05) is 28.5 Å². The fourth-order valence-electron chi connectivity index (χ4n) is 2.74. The number of ether oxygens (including phenoxy) is 4. The summed E-state index contributed by atoms with van der Waals surface area (Å²) in [7, 11) is 0. The highest BCUT2D eigenvalue weighted by molar-refractivity contribution is 7.99. The molecule has 1 aliphatic heterocycles. The first-order valence-corrected chi connectivity index (χ1v) is 9.92. The fraction of sp³-hybridized carbons (Fsp3) is 0.529. The van der Waals surface area contributed by atoms with E-state index in [1.807, 2.05) is 0 Å². The molecular formula is C17H19ClN4O7S. The lowest BCUT2D eigenvalue weighted by Gasteiger charge is -2.43. The highest BCUT2D eigenvalue weighted by Gasteiger charge is 2.50. The van der Waals surface area contributed by atoms with Crippen molar-refractivity contribution in [1.29, 1.82) is 0 Å². The molecule has 0 N–H and O–H groups in total. The van der Waals surface area contributed by atoms with Gasteiger partial charge in [0.1, 0.15) is 41.4 Å². The number of carbonyl (C=O) groups excluding carboxylic acids is 3. The van der Waals surface area contributed by atoms with Crippen molar-refractivity contribution >= 4 is 41.3 Å². The van der Waals surface area contributed by atoms with Gasteiger partial charge in [0.2, 0.25) is 0 Å². The number of esters is 3. The van der Waals surface area contributed by atoms with Crippen LogP contribution in [0, 0.1) is 0 Å². The summed E-state index contributed by atoms with van der Waals surface area (Å²) in [5.74, 6) is -1.92. The van der Waals surface area contributed by atoms with Crippen LogP contribution >= 0.6 is 23.4 Å². The lowest BCUT2D eigenvalue weighted by Crippen LogP contribution is -2.59. The van der Waals surface area contributed by atoms with Gasteiger partial charge < -0.3 is 18.9 Å². The maximum absolute atomic E-state index is 11.7. The van der Waals surface area contributed by atoms with Crippen molar-refractivity contribution in [2.45, 2.75) is 55.6 Å². The molecule has 2 rings (SSSR count). The predicted octanol–water partition coefficient (Wildman–Crippen LogP) is 2.66. The summed E-state index contributed by atoms with van der Waals surface area (Å²) in [5, 5.41) is 4.56. The molecule has 30 heavy (non-hydrogen) atoms. The third kappa shape index (κ3) is 6.77. The zero-order valence-electron chi connectivity index (χ0n) is 16.3. The van der Waals surface area contributed by atoms with Gasteiger partial charge in [-0.25, -0.2) is 4.98 Å². The van der Waals surface area contributed by atoms with E-state index in [9.17, 15) is 14.4 Å². The average Bonchev–Trinajstić information content (AvgIpc) is 2.64. The number of halogens is 1. The van der Waals surface area contributed by atoms with Crippen molar-refractivity contribution in [3.63, 3.8) is 0 Å². The highest BCUT2D eigenvalue weighted by Crippen LogP contribution is 2.37. The molecule has 1 aromatic heterocycles. The average molecular weight is 459 g/mol.